The SMILES string of the molecule is [C-]#[N+]c1cnc(NC(C)C2CCN(C(=O)CNC)CC2)nc1-c1c[nH]c2ncc(F)cc12. The number of piperidine rings is 1. The van der Waals surface area contributed by atoms with E-state index in [2.05, 4.69) is 42.3 Å². The van der Waals surface area contributed by atoms with Crippen molar-refractivity contribution in [3.63, 3.8) is 0 Å². The number of amides is 1. The van der Waals surface area contributed by atoms with Crippen molar-refractivity contribution in [3.8, 4) is 11.3 Å². The zero-order valence-corrected chi connectivity index (χ0v) is 18.0. The third kappa shape index (κ3) is 4.38. The van der Waals surface area contributed by atoms with Gasteiger partial charge in [0.05, 0.1) is 25.0 Å². The highest BCUT2D eigenvalue weighted by Crippen LogP contribution is 2.34. The number of likely N-dealkylation sites (N-methyl/N-ethyl adjacent to an activating group) is 1. The van der Waals surface area contributed by atoms with Crippen molar-refractivity contribution in [2.75, 3.05) is 32.0 Å². The van der Waals surface area contributed by atoms with E-state index in [1.807, 2.05) is 4.90 Å². The molecule has 0 aromatic carbocycles. The first-order valence-corrected chi connectivity index (χ1v) is 10.6. The number of likely N-dealkylation sites (tertiary alicyclic amines) is 1. The fourth-order valence-corrected chi connectivity index (χ4v) is 4.13. The van der Waals surface area contributed by atoms with Gasteiger partial charge in [-0.05, 0) is 38.8 Å². The normalized spacial score (nSPS) is 15.5. The van der Waals surface area contributed by atoms with Gasteiger partial charge in [0.15, 0.2) is 0 Å². The van der Waals surface area contributed by atoms with Gasteiger partial charge in [0, 0.05) is 42.5 Å². The van der Waals surface area contributed by atoms with Gasteiger partial charge in [-0.2, -0.15) is 0 Å². The van der Waals surface area contributed by atoms with E-state index in [1.54, 1.807) is 13.2 Å². The number of nitrogens with zero attached hydrogens (tertiary/aromatic N) is 5. The monoisotopic (exact) mass is 436 g/mol. The predicted octanol–water partition coefficient (Wildman–Crippen LogP) is 2.97. The van der Waals surface area contributed by atoms with Crippen LogP contribution in [0.2, 0.25) is 0 Å². The van der Waals surface area contributed by atoms with Crippen LogP contribution in [-0.4, -0.2) is 63.5 Å². The summed E-state index contributed by atoms with van der Waals surface area (Å²) in [6.45, 7) is 11.4. The fraction of sp³-hybridized carbons (Fsp3) is 0.409. The Hall–Kier alpha value is -3.58. The number of rotatable bonds is 6. The Kier molecular flexibility index (Phi) is 6.28. The molecule has 4 rings (SSSR count). The van der Waals surface area contributed by atoms with Crippen molar-refractivity contribution >= 4 is 28.6 Å². The summed E-state index contributed by atoms with van der Waals surface area (Å²) in [6, 6.07) is 1.47. The summed E-state index contributed by atoms with van der Waals surface area (Å²) in [5.41, 5.74) is 1.84. The Balaban J connectivity index is 1.51. The van der Waals surface area contributed by atoms with E-state index < -0.39 is 5.82 Å². The summed E-state index contributed by atoms with van der Waals surface area (Å²) in [7, 11) is 1.77. The van der Waals surface area contributed by atoms with Crippen LogP contribution < -0.4 is 10.6 Å². The van der Waals surface area contributed by atoms with Gasteiger partial charge in [-0.1, -0.05) is 0 Å². The lowest BCUT2D eigenvalue weighted by atomic mass is 9.90. The molecular weight excluding hydrogens is 411 g/mol. The molecule has 1 saturated heterocycles. The topological polar surface area (TPSA) is 103 Å². The number of aromatic amines is 1. The van der Waals surface area contributed by atoms with Crippen molar-refractivity contribution in [1.29, 1.82) is 0 Å². The molecule has 1 atom stereocenters. The number of pyridine rings is 1. The van der Waals surface area contributed by atoms with E-state index in [-0.39, 0.29) is 17.6 Å². The molecule has 0 spiro atoms. The molecule has 0 saturated carbocycles. The second kappa shape index (κ2) is 9.28. The van der Waals surface area contributed by atoms with Crippen molar-refractivity contribution in [3.05, 3.63) is 41.9 Å². The molecule has 3 aromatic heterocycles. The second-order valence-electron chi connectivity index (χ2n) is 7.97. The quantitative estimate of drug-likeness (QED) is 0.514. The van der Waals surface area contributed by atoms with Crippen LogP contribution in [0.15, 0.2) is 24.7 Å². The highest BCUT2D eigenvalue weighted by molar-refractivity contribution is 5.96. The number of aromatic nitrogens is 4. The van der Waals surface area contributed by atoms with E-state index in [4.69, 9.17) is 6.57 Å². The van der Waals surface area contributed by atoms with Gasteiger partial charge >= 0.3 is 0 Å². The zero-order chi connectivity index (χ0) is 22.7. The molecule has 9 nitrogen and oxygen atoms in total. The van der Waals surface area contributed by atoms with Gasteiger partial charge in [-0.25, -0.2) is 24.2 Å². The average Bonchev–Trinajstić information content (AvgIpc) is 3.22. The molecule has 1 aliphatic rings. The van der Waals surface area contributed by atoms with Crippen LogP contribution in [0, 0.1) is 18.3 Å². The van der Waals surface area contributed by atoms with Crippen LogP contribution in [0.1, 0.15) is 19.8 Å². The maximum atomic E-state index is 13.8. The van der Waals surface area contributed by atoms with Gasteiger partial charge < -0.3 is 20.5 Å². The van der Waals surface area contributed by atoms with Crippen LogP contribution in [0.3, 0.4) is 0 Å². The lowest BCUT2D eigenvalue weighted by Crippen LogP contribution is -2.44. The molecule has 0 bridgehead atoms. The van der Waals surface area contributed by atoms with E-state index in [1.165, 1.54) is 12.3 Å². The summed E-state index contributed by atoms with van der Waals surface area (Å²) >= 11 is 0. The molecule has 10 heteroatoms. The summed E-state index contributed by atoms with van der Waals surface area (Å²) in [6.07, 6.45) is 6.09. The summed E-state index contributed by atoms with van der Waals surface area (Å²) < 4.78 is 13.8. The molecule has 32 heavy (non-hydrogen) atoms. The Morgan fingerprint density at radius 1 is 1.38 bits per heavy atom. The summed E-state index contributed by atoms with van der Waals surface area (Å²) in [5.74, 6) is 0.446. The number of carbonyl (C=O) groups excluding carboxylic acids is 1. The standard InChI is InChI=1S/C22H25FN8O/c1-13(14-4-6-31(7-5-14)19(32)12-24-2)29-22-28-11-18(25-3)20(30-22)17-10-27-21-16(17)8-15(23)9-26-21/h8-11,13-14,24H,4-7,12H2,1-2H3,(H,26,27)(H,28,29,30). The number of nitrogens with one attached hydrogen (secondary N) is 3. The molecule has 3 N–H and O–H groups in total. The molecular formula is C22H25FN8O. The van der Waals surface area contributed by atoms with E-state index in [0.29, 0.717) is 40.7 Å². The Bertz CT molecular complexity index is 1160. The van der Waals surface area contributed by atoms with Crippen LogP contribution >= 0.6 is 0 Å². The van der Waals surface area contributed by atoms with E-state index in [9.17, 15) is 9.18 Å². The summed E-state index contributed by atoms with van der Waals surface area (Å²) in [5, 5.41) is 6.82. The molecule has 0 aliphatic carbocycles. The Labute approximate surface area is 185 Å². The zero-order valence-electron chi connectivity index (χ0n) is 18.0. The number of hydrogen-bond donors (Lipinski definition) is 3. The van der Waals surface area contributed by atoms with E-state index >= 15 is 0 Å². The minimum Gasteiger partial charge on any atom is -0.352 e. The third-order valence-electron chi connectivity index (χ3n) is 5.93. The molecule has 1 unspecified atom stereocenters. The minimum atomic E-state index is -0.455. The lowest BCUT2D eigenvalue weighted by molar-refractivity contribution is -0.131. The van der Waals surface area contributed by atoms with Crippen LogP contribution in [0.5, 0.6) is 0 Å². The van der Waals surface area contributed by atoms with Gasteiger partial charge in [-0.3, -0.25) is 4.79 Å². The number of fused-ring (bicyclic) bond motifs is 1. The molecule has 0 radical (unpaired) electrons. The number of hydrogen-bond acceptors (Lipinski definition) is 6. The smallest absolute Gasteiger partial charge is 0.236 e. The number of halogens is 1. The predicted molar refractivity (Wildman–Crippen MR) is 120 cm³/mol. The van der Waals surface area contributed by atoms with E-state index in [0.717, 1.165) is 32.1 Å². The molecule has 1 aliphatic heterocycles. The van der Waals surface area contributed by atoms with Crippen molar-refractivity contribution < 1.29 is 9.18 Å². The number of H-pyrrole nitrogens is 1. The van der Waals surface area contributed by atoms with Gasteiger partial charge in [-0.15, -0.1) is 0 Å². The van der Waals surface area contributed by atoms with Crippen molar-refractivity contribution in [2.45, 2.75) is 25.8 Å². The van der Waals surface area contributed by atoms with Crippen LogP contribution in [0.25, 0.3) is 27.1 Å². The first-order chi connectivity index (χ1) is 15.5. The average molecular weight is 436 g/mol. The highest BCUT2D eigenvalue weighted by Gasteiger charge is 2.26. The maximum Gasteiger partial charge on any atom is 0.236 e. The first-order valence-electron chi connectivity index (χ1n) is 10.6. The molecule has 3 aromatic rings. The maximum absolute atomic E-state index is 13.8. The van der Waals surface area contributed by atoms with Crippen molar-refractivity contribution in [2.24, 2.45) is 5.92 Å². The second-order valence-corrected chi connectivity index (χ2v) is 7.97. The lowest BCUT2D eigenvalue weighted by Gasteiger charge is -2.35. The minimum absolute atomic E-state index is 0.0882. The van der Waals surface area contributed by atoms with Gasteiger partial charge in [0.25, 0.3) is 0 Å². The molecule has 166 valence electrons. The highest BCUT2D eigenvalue weighted by atomic mass is 19.1. The molecule has 1 fully saturated rings. The fourth-order valence-electron chi connectivity index (χ4n) is 4.13. The first kappa shape index (κ1) is 21.6. The number of anilines is 1. The molecule has 4 heterocycles. The van der Waals surface area contributed by atoms with Crippen LogP contribution in [-0.2, 0) is 4.79 Å². The third-order valence-corrected chi connectivity index (χ3v) is 5.93. The summed E-state index contributed by atoms with van der Waals surface area (Å²) in [4.78, 5) is 33.4. The van der Waals surface area contributed by atoms with Crippen molar-refractivity contribution in [1.82, 2.24) is 30.2 Å². The van der Waals surface area contributed by atoms with Crippen LogP contribution in [0.4, 0.5) is 16.0 Å². The number of carbonyl (C=O) groups is 1. The van der Waals surface area contributed by atoms with Gasteiger partial charge in [0.2, 0.25) is 17.5 Å². The molecule has 1 amide bonds. The Morgan fingerprint density at radius 3 is 2.88 bits per heavy atom. The largest absolute Gasteiger partial charge is 0.352 e. The Morgan fingerprint density at radius 2 is 2.16 bits per heavy atom. The van der Waals surface area contributed by atoms with Gasteiger partial charge in [0.1, 0.15) is 11.5 Å².